The second-order valence-electron chi connectivity index (χ2n) is 8.76. The van der Waals surface area contributed by atoms with Crippen LogP contribution in [0, 0.1) is 0 Å². The van der Waals surface area contributed by atoms with Crippen LogP contribution in [0.2, 0.25) is 10.0 Å². The zero-order chi connectivity index (χ0) is 23.4. The van der Waals surface area contributed by atoms with Gasteiger partial charge in [-0.15, -0.1) is 0 Å². The van der Waals surface area contributed by atoms with E-state index in [4.69, 9.17) is 23.2 Å². The van der Waals surface area contributed by atoms with Crippen LogP contribution in [0.15, 0.2) is 72.8 Å². The van der Waals surface area contributed by atoms with Gasteiger partial charge in [0.1, 0.15) is 5.75 Å². The van der Waals surface area contributed by atoms with Crippen LogP contribution in [0.1, 0.15) is 42.5 Å². The van der Waals surface area contributed by atoms with Crippen molar-refractivity contribution in [1.82, 2.24) is 10.2 Å². The van der Waals surface area contributed by atoms with Crippen LogP contribution in [-0.2, 0) is 10.2 Å². The first-order valence-electron chi connectivity index (χ1n) is 11.2. The monoisotopic (exact) mass is 482 g/mol. The Hall–Kier alpha value is -2.53. The lowest BCUT2D eigenvalue weighted by molar-refractivity contribution is -0.125. The number of benzene rings is 3. The van der Waals surface area contributed by atoms with Gasteiger partial charge in [-0.2, -0.15) is 0 Å². The Morgan fingerprint density at radius 2 is 1.39 bits per heavy atom. The molecule has 0 aliphatic carbocycles. The minimum absolute atomic E-state index is 0.107. The summed E-state index contributed by atoms with van der Waals surface area (Å²) in [6.45, 7) is 4.69. The van der Waals surface area contributed by atoms with Crippen LogP contribution in [0.4, 0.5) is 0 Å². The van der Waals surface area contributed by atoms with Crippen LogP contribution in [-0.4, -0.2) is 35.5 Å². The summed E-state index contributed by atoms with van der Waals surface area (Å²) in [4.78, 5) is 16.4. The zero-order valence-electron chi connectivity index (χ0n) is 18.6. The number of nitrogens with one attached hydrogen (secondary N) is 1. The molecule has 2 N–H and O–H groups in total. The number of carbonyl (C=O) groups is 1. The van der Waals surface area contributed by atoms with Gasteiger partial charge in [0, 0.05) is 16.6 Å². The molecule has 172 valence electrons. The van der Waals surface area contributed by atoms with E-state index in [9.17, 15) is 9.90 Å². The normalized spacial score (nSPS) is 15.4. The standard InChI is InChI=1S/C27H28Cl2N2O2/c1-27(20-6-10-22(28)11-7-20,21-8-12-23(29)13-9-21)26(33)30-25(18-31-16-2-3-17-31)19-4-14-24(32)15-5-19/h4-15,25,32H,2-3,16-18H2,1H3,(H,30,33)/t25-/m1/s1. The van der Waals surface area contributed by atoms with Gasteiger partial charge < -0.3 is 15.3 Å². The molecular weight excluding hydrogens is 455 g/mol. The first-order valence-corrected chi connectivity index (χ1v) is 12.0. The molecule has 1 aliphatic rings. The van der Waals surface area contributed by atoms with Gasteiger partial charge in [0.15, 0.2) is 0 Å². The third-order valence-corrected chi connectivity index (χ3v) is 7.04. The van der Waals surface area contributed by atoms with Crippen molar-refractivity contribution < 1.29 is 9.90 Å². The molecule has 0 bridgehead atoms. The highest BCUT2D eigenvalue weighted by Gasteiger charge is 2.38. The number of halogens is 2. The largest absolute Gasteiger partial charge is 0.508 e. The molecular formula is C27H28Cl2N2O2. The van der Waals surface area contributed by atoms with E-state index in [0.29, 0.717) is 16.6 Å². The Morgan fingerprint density at radius 1 is 0.909 bits per heavy atom. The third kappa shape index (κ3) is 5.35. The summed E-state index contributed by atoms with van der Waals surface area (Å²) in [5, 5.41) is 14.3. The van der Waals surface area contributed by atoms with Crippen molar-refractivity contribution in [2.45, 2.75) is 31.2 Å². The van der Waals surface area contributed by atoms with Crippen molar-refractivity contribution in [2.75, 3.05) is 19.6 Å². The lowest BCUT2D eigenvalue weighted by atomic mass is 9.75. The molecule has 0 saturated carbocycles. The highest BCUT2D eigenvalue weighted by atomic mass is 35.5. The molecule has 0 aromatic heterocycles. The Labute approximate surface area is 205 Å². The lowest BCUT2D eigenvalue weighted by Crippen LogP contribution is -2.47. The lowest BCUT2D eigenvalue weighted by Gasteiger charge is -2.33. The van der Waals surface area contributed by atoms with E-state index in [2.05, 4.69) is 10.2 Å². The molecule has 33 heavy (non-hydrogen) atoms. The van der Waals surface area contributed by atoms with Crippen molar-refractivity contribution in [3.8, 4) is 5.75 Å². The van der Waals surface area contributed by atoms with Gasteiger partial charge in [0.2, 0.25) is 5.91 Å². The van der Waals surface area contributed by atoms with E-state index in [1.807, 2.05) is 43.3 Å². The maximum absolute atomic E-state index is 14.0. The Bertz CT molecular complexity index is 1030. The number of likely N-dealkylation sites (tertiary alicyclic amines) is 1. The number of phenols is 1. The molecule has 1 fully saturated rings. The fourth-order valence-electron chi connectivity index (χ4n) is 4.46. The topological polar surface area (TPSA) is 52.6 Å². The molecule has 0 unspecified atom stereocenters. The Morgan fingerprint density at radius 3 is 1.88 bits per heavy atom. The Kier molecular flexibility index (Phi) is 7.28. The molecule has 1 amide bonds. The van der Waals surface area contributed by atoms with E-state index in [1.165, 1.54) is 12.8 Å². The molecule has 1 aliphatic heterocycles. The molecule has 6 heteroatoms. The van der Waals surface area contributed by atoms with Crippen LogP contribution in [0.3, 0.4) is 0 Å². The smallest absolute Gasteiger partial charge is 0.235 e. The molecule has 3 aromatic carbocycles. The molecule has 0 spiro atoms. The molecule has 4 rings (SSSR count). The average Bonchev–Trinajstić information content (AvgIpc) is 3.33. The molecule has 0 radical (unpaired) electrons. The van der Waals surface area contributed by atoms with Gasteiger partial charge >= 0.3 is 0 Å². The zero-order valence-corrected chi connectivity index (χ0v) is 20.1. The highest BCUT2D eigenvalue weighted by Crippen LogP contribution is 2.35. The number of rotatable bonds is 7. The number of carbonyl (C=O) groups excluding carboxylic acids is 1. The highest BCUT2D eigenvalue weighted by molar-refractivity contribution is 6.30. The minimum atomic E-state index is -0.949. The van der Waals surface area contributed by atoms with Gasteiger partial charge in [-0.05, 0) is 85.9 Å². The van der Waals surface area contributed by atoms with E-state index in [0.717, 1.165) is 29.8 Å². The minimum Gasteiger partial charge on any atom is -0.508 e. The quantitative estimate of drug-likeness (QED) is 0.436. The van der Waals surface area contributed by atoms with Crippen LogP contribution in [0.5, 0.6) is 5.75 Å². The van der Waals surface area contributed by atoms with Crippen molar-refractivity contribution in [1.29, 1.82) is 0 Å². The molecule has 1 saturated heterocycles. The number of phenolic OH excluding ortho intramolecular Hbond substituents is 1. The van der Waals surface area contributed by atoms with Gasteiger partial charge in [0.25, 0.3) is 0 Å². The van der Waals surface area contributed by atoms with Gasteiger partial charge in [-0.1, -0.05) is 59.6 Å². The van der Waals surface area contributed by atoms with Crippen molar-refractivity contribution in [3.63, 3.8) is 0 Å². The summed E-state index contributed by atoms with van der Waals surface area (Å²) in [7, 11) is 0. The maximum atomic E-state index is 14.0. The van der Waals surface area contributed by atoms with Crippen molar-refractivity contribution >= 4 is 29.1 Å². The Balaban J connectivity index is 1.70. The van der Waals surface area contributed by atoms with E-state index in [1.54, 1.807) is 36.4 Å². The second-order valence-corrected chi connectivity index (χ2v) is 9.64. The van der Waals surface area contributed by atoms with Gasteiger partial charge in [-0.3, -0.25) is 4.79 Å². The fourth-order valence-corrected chi connectivity index (χ4v) is 4.71. The molecule has 1 heterocycles. The summed E-state index contributed by atoms with van der Waals surface area (Å²) in [5.41, 5.74) is 1.70. The number of amides is 1. The summed E-state index contributed by atoms with van der Waals surface area (Å²) in [5.74, 6) is 0.0987. The van der Waals surface area contributed by atoms with Gasteiger partial charge in [0.05, 0.1) is 11.5 Å². The van der Waals surface area contributed by atoms with Crippen molar-refractivity contribution in [2.24, 2.45) is 0 Å². The second kappa shape index (κ2) is 10.2. The predicted octanol–water partition coefficient (Wildman–Crippen LogP) is 5.96. The summed E-state index contributed by atoms with van der Waals surface area (Å²) < 4.78 is 0. The van der Waals surface area contributed by atoms with Crippen molar-refractivity contribution in [3.05, 3.63) is 99.5 Å². The average molecular weight is 483 g/mol. The first kappa shape index (κ1) is 23.6. The number of aromatic hydroxyl groups is 1. The van der Waals surface area contributed by atoms with Crippen LogP contribution in [0.25, 0.3) is 0 Å². The van der Waals surface area contributed by atoms with Gasteiger partial charge in [-0.25, -0.2) is 0 Å². The van der Waals surface area contributed by atoms with E-state index >= 15 is 0 Å². The number of hydrogen-bond donors (Lipinski definition) is 2. The van der Waals surface area contributed by atoms with Crippen LogP contribution >= 0.6 is 23.2 Å². The fraction of sp³-hybridized carbons (Fsp3) is 0.296. The van der Waals surface area contributed by atoms with E-state index < -0.39 is 5.41 Å². The van der Waals surface area contributed by atoms with Crippen LogP contribution < -0.4 is 5.32 Å². The summed E-state index contributed by atoms with van der Waals surface area (Å²) in [6, 6.07) is 21.7. The first-order chi connectivity index (χ1) is 15.9. The van der Waals surface area contributed by atoms with E-state index in [-0.39, 0.29) is 17.7 Å². The maximum Gasteiger partial charge on any atom is 0.235 e. The molecule has 3 aromatic rings. The number of hydrogen-bond acceptors (Lipinski definition) is 3. The molecule has 1 atom stereocenters. The summed E-state index contributed by atoms with van der Waals surface area (Å²) in [6.07, 6.45) is 2.34. The molecule has 4 nitrogen and oxygen atoms in total. The predicted molar refractivity (Wildman–Crippen MR) is 134 cm³/mol. The number of nitrogens with zero attached hydrogens (tertiary/aromatic N) is 1. The summed E-state index contributed by atoms with van der Waals surface area (Å²) >= 11 is 12.3. The third-order valence-electron chi connectivity index (χ3n) is 6.54. The SMILES string of the molecule is CC(C(=O)N[C@H](CN1CCCC1)c1ccc(O)cc1)(c1ccc(Cl)cc1)c1ccc(Cl)cc1.